The molecule has 1 aliphatic heterocycles. The van der Waals surface area contributed by atoms with Crippen LogP contribution in [0, 0.1) is 0 Å². The van der Waals surface area contributed by atoms with E-state index >= 15 is 0 Å². The molecule has 0 radical (unpaired) electrons. The van der Waals surface area contributed by atoms with Gasteiger partial charge in [0.15, 0.2) is 0 Å². The summed E-state index contributed by atoms with van der Waals surface area (Å²) in [5, 5.41) is 0. The van der Waals surface area contributed by atoms with Crippen molar-refractivity contribution in [3.63, 3.8) is 0 Å². The highest BCUT2D eigenvalue weighted by Crippen LogP contribution is 2.17. The third-order valence-electron chi connectivity index (χ3n) is 8.29. The van der Waals surface area contributed by atoms with Crippen LogP contribution < -0.4 is 0 Å². The predicted molar refractivity (Wildman–Crippen MR) is 193 cm³/mol. The third kappa shape index (κ3) is 18.8. The number of hydrogen-bond acceptors (Lipinski definition) is 11. The first kappa shape index (κ1) is 42.6. The number of rotatable bonds is 14. The molecule has 0 unspecified atom stereocenters. The Morgan fingerprint density at radius 2 is 1.22 bits per heavy atom. The van der Waals surface area contributed by atoms with Gasteiger partial charge >= 0.3 is 17.9 Å². The maximum absolute atomic E-state index is 13.3. The summed E-state index contributed by atoms with van der Waals surface area (Å²) in [4.78, 5) is 48.1. The number of nitrogens with zero attached hydrogens (tertiary/aromatic N) is 4. The van der Waals surface area contributed by atoms with Gasteiger partial charge in [-0.3, -0.25) is 34.0 Å². The molecule has 11 nitrogen and oxygen atoms in total. The SMILES string of the molecule is CCCC(C)(C)OC(=O)CN1CCN(CC(=O)OC(C)(C)C)CCN(CCOC(C)(C)C)CCN([C@H](C)C(=O)OCc2ccccc2)CC1. The van der Waals surface area contributed by atoms with Gasteiger partial charge < -0.3 is 18.9 Å². The molecule has 1 aliphatic rings. The molecule has 280 valence electrons. The van der Waals surface area contributed by atoms with Gasteiger partial charge in [0, 0.05) is 58.9 Å². The maximum atomic E-state index is 13.3. The zero-order chi connectivity index (χ0) is 36.7. The number of ether oxygens (including phenoxy) is 4. The van der Waals surface area contributed by atoms with E-state index in [1.54, 1.807) is 0 Å². The Labute approximate surface area is 296 Å². The summed E-state index contributed by atoms with van der Waals surface area (Å²) in [5.41, 5.74) is -0.448. The summed E-state index contributed by atoms with van der Waals surface area (Å²) < 4.78 is 23.4. The second-order valence-electron chi connectivity index (χ2n) is 15.7. The van der Waals surface area contributed by atoms with E-state index in [-0.39, 0.29) is 43.2 Å². The fourth-order valence-electron chi connectivity index (χ4n) is 5.69. The molecule has 0 bridgehead atoms. The van der Waals surface area contributed by atoms with Gasteiger partial charge in [-0.1, -0.05) is 43.7 Å². The molecule has 0 spiro atoms. The van der Waals surface area contributed by atoms with E-state index in [1.165, 1.54) is 0 Å². The molecule has 0 amide bonds. The van der Waals surface area contributed by atoms with Gasteiger partial charge in [0.1, 0.15) is 23.9 Å². The van der Waals surface area contributed by atoms with Crippen molar-refractivity contribution in [2.24, 2.45) is 0 Å². The van der Waals surface area contributed by atoms with Crippen LogP contribution in [0.1, 0.15) is 87.6 Å². The average Bonchev–Trinajstić information content (AvgIpc) is 2.97. The predicted octanol–water partition coefficient (Wildman–Crippen LogP) is 4.62. The summed E-state index contributed by atoms with van der Waals surface area (Å²) in [6.45, 7) is 26.2. The standard InChI is InChI=1S/C38H66N4O7/c1-11-17-38(9,10)49-34(44)29-41-21-20-40(28-33(43)48-37(6,7)8)19-18-39(26-27-47-36(3,4)5)22-24-42(25-23-41)31(2)35(45)46-30-32-15-13-12-14-16-32/h12-16,31H,11,17-30H2,1-10H3/t31-/m1/s1. The summed E-state index contributed by atoms with van der Waals surface area (Å²) in [6.07, 6.45) is 1.69. The minimum atomic E-state index is -0.580. The van der Waals surface area contributed by atoms with Gasteiger partial charge in [0.2, 0.25) is 0 Å². The van der Waals surface area contributed by atoms with Crippen LogP contribution in [0.4, 0.5) is 0 Å². The molecule has 49 heavy (non-hydrogen) atoms. The molecule has 1 aromatic carbocycles. The van der Waals surface area contributed by atoms with Crippen molar-refractivity contribution in [1.29, 1.82) is 0 Å². The van der Waals surface area contributed by atoms with E-state index in [0.29, 0.717) is 65.5 Å². The minimum Gasteiger partial charge on any atom is -0.460 e. The summed E-state index contributed by atoms with van der Waals surface area (Å²) in [7, 11) is 0. The van der Waals surface area contributed by atoms with Gasteiger partial charge in [0.25, 0.3) is 0 Å². The molecule has 1 fully saturated rings. The van der Waals surface area contributed by atoms with Crippen LogP contribution in [0.5, 0.6) is 0 Å². The van der Waals surface area contributed by atoms with E-state index in [2.05, 4.69) is 26.5 Å². The Morgan fingerprint density at radius 1 is 0.714 bits per heavy atom. The molecule has 1 aromatic rings. The number of benzene rings is 1. The first-order valence-corrected chi connectivity index (χ1v) is 18.0. The molecule has 1 atom stereocenters. The van der Waals surface area contributed by atoms with Gasteiger partial charge in [0.05, 0.1) is 25.3 Å². The Kier molecular flexibility index (Phi) is 17.7. The number of hydrogen-bond donors (Lipinski definition) is 0. The van der Waals surface area contributed by atoms with Crippen LogP contribution in [0.25, 0.3) is 0 Å². The Bertz CT molecular complexity index is 1130. The van der Waals surface area contributed by atoms with Crippen molar-refractivity contribution < 1.29 is 33.3 Å². The number of carbonyl (C=O) groups is 3. The smallest absolute Gasteiger partial charge is 0.323 e. The summed E-state index contributed by atoms with van der Waals surface area (Å²) in [5.74, 6) is -0.839. The van der Waals surface area contributed by atoms with E-state index < -0.39 is 17.2 Å². The topological polar surface area (TPSA) is 101 Å². The molecular formula is C38H66N4O7. The van der Waals surface area contributed by atoms with Crippen LogP contribution in [-0.2, 0) is 39.9 Å². The molecule has 0 aliphatic carbocycles. The zero-order valence-corrected chi connectivity index (χ0v) is 32.2. The summed E-state index contributed by atoms with van der Waals surface area (Å²) >= 11 is 0. The lowest BCUT2D eigenvalue weighted by atomic mass is 10.0. The van der Waals surface area contributed by atoms with Gasteiger partial charge in [-0.2, -0.15) is 0 Å². The second-order valence-corrected chi connectivity index (χ2v) is 15.7. The van der Waals surface area contributed by atoms with Crippen molar-refractivity contribution >= 4 is 17.9 Å². The Hall–Kier alpha value is -2.57. The molecule has 11 heteroatoms. The van der Waals surface area contributed by atoms with Gasteiger partial charge in [-0.25, -0.2) is 0 Å². The molecule has 1 saturated heterocycles. The highest BCUT2D eigenvalue weighted by atomic mass is 16.6. The first-order valence-electron chi connectivity index (χ1n) is 18.0. The molecule has 0 N–H and O–H groups in total. The summed E-state index contributed by atoms with van der Waals surface area (Å²) in [6, 6.07) is 9.19. The highest BCUT2D eigenvalue weighted by molar-refractivity contribution is 5.75. The van der Waals surface area contributed by atoms with Crippen molar-refractivity contribution in [2.75, 3.05) is 78.6 Å². The lowest BCUT2D eigenvalue weighted by molar-refractivity contribution is -0.160. The average molecular weight is 691 g/mol. The molecule has 1 heterocycles. The highest BCUT2D eigenvalue weighted by Gasteiger charge is 2.28. The zero-order valence-electron chi connectivity index (χ0n) is 32.2. The molecule has 0 saturated carbocycles. The second kappa shape index (κ2) is 20.3. The van der Waals surface area contributed by atoms with E-state index in [1.807, 2.05) is 92.6 Å². The number of esters is 3. The first-order chi connectivity index (χ1) is 22.9. The monoisotopic (exact) mass is 690 g/mol. The van der Waals surface area contributed by atoms with E-state index in [0.717, 1.165) is 18.4 Å². The third-order valence-corrected chi connectivity index (χ3v) is 8.29. The van der Waals surface area contributed by atoms with E-state index in [9.17, 15) is 14.4 Å². The normalized spacial score (nSPS) is 17.8. The molecular weight excluding hydrogens is 624 g/mol. The number of carbonyl (C=O) groups excluding carboxylic acids is 3. The van der Waals surface area contributed by atoms with Crippen molar-refractivity contribution in [3.8, 4) is 0 Å². The lowest BCUT2D eigenvalue weighted by Gasteiger charge is -2.36. The largest absolute Gasteiger partial charge is 0.460 e. The van der Waals surface area contributed by atoms with E-state index in [4.69, 9.17) is 18.9 Å². The van der Waals surface area contributed by atoms with Crippen molar-refractivity contribution in [1.82, 2.24) is 19.6 Å². The van der Waals surface area contributed by atoms with Crippen LogP contribution >= 0.6 is 0 Å². The van der Waals surface area contributed by atoms with Crippen LogP contribution in [0.3, 0.4) is 0 Å². The van der Waals surface area contributed by atoms with Crippen LogP contribution in [-0.4, -0.2) is 139 Å². The van der Waals surface area contributed by atoms with Crippen LogP contribution in [0.2, 0.25) is 0 Å². The fraction of sp³-hybridized carbons (Fsp3) is 0.763. The Balaban J connectivity index is 2.28. The maximum Gasteiger partial charge on any atom is 0.323 e. The quantitative estimate of drug-likeness (QED) is 0.202. The Morgan fingerprint density at radius 3 is 1.76 bits per heavy atom. The van der Waals surface area contributed by atoms with Crippen molar-refractivity contribution in [3.05, 3.63) is 35.9 Å². The van der Waals surface area contributed by atoms with Gasteiger partial charge in [-0.05, 0) is 74.3 Å². The molecule has 0 aromatic heterocycles. The van der Waals surface area contributed by atoms with Crippen LogP contribution in [0.15, 0.2) is 30.3 Å². The fourth-order valence-corrected chi connectivity index (χ4v) is 5.69. The van der Waals surface area contributed by atoms with Crippen molar-refractivity contribution in [2.45, 2.75) is 112 Å². The van der Waals surface area contributed by atoms with Gasteiger partial charge in [-0.15, -0.1) is 0 Å². The minimum absolute atomic E-state index is 0.115. The molecule has 2 rings (SSSR count). The lowest BCUT2D eigenvalue weighted by Crippen LogP contribution is -2.51.